The van der Waals surface area contributed by atoms with Crippen molar-refractivity contribution in [3.8, 4) is 22.9 Å². The summed E-state index contributed by atoms with van der Waals surface area (Å²) in [5, 5.41) is 27.6. The van der Waals surface area contributed by atoms with Gasteiger partial charge in [-0.05, 0) is 36.4 Å². The molecule has 0 radical (unpaired) electrons. The summed E-state index contributed by atoms with van der Waals surface area (Å²) >= 11 is 7.12. The van der Waals surface area contributed by atoms with Crippen LogP contribution in [0.3, 0.4) is 0 Å². The van der Waals surface area contributed by atoms with Crippen molar-refractivity contribution < 1.29 is 13.8 Å². The lowest BCUT2D eigenvalue weighted by Crippen LogP contribution is -1.87. The standard InChI is InChI=1S/C17H10ClN5O4S/c18-12-5-1-10(2-6-12)16-21-22-17(27-16)28-9-14-19-20-15(26-14)11-3-7-13(8-4-11)23(24)25/h1-8H,9H2. The van der Waals surface area contributed by atoms with Gasteiger partial charge in [0.1, 0.15) is 0 Å². The lowest BCUT2D eigenvalue weighted by atomic mass is 10.2. The van der Waals surface area contributed by atoms with Gasteiger partial charge in [-0.1, -0.05) is 23.4 Å². The summed E-state index contributed by atoms with van der Waals surface area (Å²) in [7, 11) is 0. The highest BCUT2D eigenvalue weighted by Gasteiger charge is 2.14. The highest BCUT2D eigenvalue weighted by atomic mass is 35.5. The van der Waals surface area contributed by atoms with Crippen LogP contribution in [-0.4, -0.2) is 25.3 Å². The Labute approximate surface area is 166 Å². The molecule has 2 aromatic heterocycles. The number of hydrogen-bond donors (Lipinski definition) is 0. The number of nitro groups is 1. The zero-order chi connectivity index (χ0) is 19.5. The van der Waals surface area contributed by atoms with Crippen LogP contribution in [0, 0.1) is 10.1 Å². The third kappa shape index (κ3) is 4.02. The van der Waals surface area contributed by atoms with Crippen molar-refractivity contribution in [3.63, 3.8) is 0 Å². The molecule has 0 saturated heterocycles. The maximum Gasteiger partial charge on any atom is 0.277 e. The molecule has 140 valence electrons. The SMILES string of the molecule is O=[N+]([O-])c1ccc(-c2nnc(CSc3nnc(-c4ccc(Cl)cc4)o3)o2)cc1. The molecule has 0 aliphatic rings. The molecule has 4 aromatic rings. The molecule has 0 bridgehead atoms. The van der Waals surface area contributed by atoms with Gasteiger partial charge in [0.2, 0.25) is 17.7 Å². The van der Waals surface area contributed by atoms with Gasteiger partial charge in [0.25, 0.3) is 10.9 Å². The van der Waals surface area contributed by atoms with Crippen molar-refractivity contribution >= 4 is 29.1 Å². The van der Waals surface area contributed by atoms with E-state index in [1.807, 2.05) is 0 Å². The van der Waals surface area contributed by atoms with Crippen LogP contribution < -0.4 is 0 Å². The molecule has 9 nitrogen and oxygen atoms in total. The Morgan fingerprint density at radius 2 is 1.50 bits per heavy atom. The Bertz CT molecular complexity index is 1110. The van der Waals surface area contributed by atoms with Crippen molar-refractivity contribution in [2.75, 3.05) is 0 Å². The van der Waals surface area contributed by atoms with Crippen molar-refractivity contribution in [2.45, 2.75) is 11.0 Å². The first kappa shape index (κ1) is 18.1. The molecule has 0 aliphatic carbocycles. The van der Waals surface area contributed by atoms with E-state index in [0.29, 0.717) is 33.3 Å². The Morgan fingerprint density at radius 1 is 0.893 bits per heavy atom. The maximum atomic E-state index is 10.7. The van der Waals surface area contributed by atoms with E-state index in [0.717, 1.165) is 5.56 Å². The van der Waals surface area contributed by atoms with Gasteiger partial charge < -0.3 is 8.83 Å². The minimum atomic E-state index is -0.470. The van der Waals surface area contributed by atoms with E-state index in [2.05, 4.69) is 20.4 Å². The predicted molar refractivity (Wildman–Crippen MR) is 101 cm³/mol. The summed E-state index contributed by atoms with van der Waals surface area (Å²) in [6.07, 6.45) is 0. The Balaban J connectivity index is 1.41. The molecule has 0 fully saturated rings. The van der Waals surface area contributed by atoms with Gasteiger partial charge in [-0.15, -0.1) is 20.4 Å². The van der Waals surface area contributed by atoms with E-state index >= 15 is 0 Å². The number of aromatic nitrogens is 4. The van der Waals surface area contributed by atoms with Gasteiger partial charge in [-0.3, -0.25) is 10.1 Å². The average molecular weight is 416 g/mol. The van der Waals surface area contributed by atoms with E-state index in [4.69, 9.17) is 20.4 Å². The lowest BCUT2D eigenvalue weighted by molar-refractivity contribution is -0.384. The third-order valence-corrected chi connectivity index (χ3v) is 4.66. The molecule has 11 heteroatoms. The van der Waals surface area contributed by atoms with Crippen LogP contribution in [0.4, 0.5) is 5.69 Å². The van der Waals surface area contributed by atoms with Crippen LogP contribution in [0.2, 0.25) is 5.02 Å². The molecular weight excluding hydrogens is 406 g/mol. The van der Waals surface area contributed by atoms with Crippen LogP contribution in [0.15, 0.2) is 62.6 Å². The molecule has 0 aliphatic heterocycles. The molecule has 0 N–H and O–H groups in total. The first-order valence-corrected chi connectivity index (χ1v) is 9.24. The summed E-state index contributed by atoms with van der Waals surface area (Å²) in [5.41, 5.74) is 1.35. The number of nitro benzene ring substituents is 1. The maximum absolute atomic E-state index is 10.7. The van der Waals surface area contributed by atoms with Crippen LogP contribution in [0.25, 0.3) is 22.9 Å². The first-order chi connectivity index (χ1) is 13.6. The largest absolute Gasteiger partial charge is 0.420 e. The number of nitrogens with zero attached hydrogens (tertiary/aromatic N) is 5. The van der Waals surface area contributed by atoms with E-state index < -0.39 is 4.92 Å². The van der Waals surface area contributed by atoms with Gasteiger partial charge in [0.15, 0.2) is 0 Å². The van der Waals surface area contributed by atoms with Gasteiger partial charge >= 0.3 is 0 Å². The summed E-state index contributed by atoms with van der Waals surface area (Å²) < 4.78 is 11.2. The average Bonchev–Trinajstić information content (AvgIpc) is 3.37. The van der Waals surface area contributed by atoms with Crippen molar-refractivity contribution in [3.05, 3.63) is 69.6 Å². The van der Waals surface area contributed by atoms with Crippen molar-refractivity contribution in [1.82, 2.24) is 20.4 Å². The van der Waals surface area contributed by atoms with Crippen LogP contribution in [0.5, 0.6) is 0 Å². The van der Waals surface area contributed by atoms with Crippen LogP contribution in [-0.2, 0) is 5.75 Å². The van der Waals surface area contributed by atoms with Gasteiger partial charge in [0.05, 0.1) is 10.7 Å². The van der Waals surface area contributed by atoms with E-state index in [9.17, 15) is 10.1 Å². The highest BCUT2D eigenvalue weighted by Crippen LogP contribution is 2.27. The van der Waals surface area contributed by atoms with E-state index in [1.165, 1.54) is 23.9 Å². The minimum absolute atomic E-state index is 0.00747. The van der Waals surface area contributed by atoms with Crippen molar-refractivity contribution in [2.24, 2.45) is 0 Å². The molecule has 2 heterocycles. The lowest BCUT2D eigenvalue weighted by Gasteiger charge is -1.95. The summed E-state index contributed by atoms with van der Waals surface area (Å²) in [6.45, 7) is 0. The summed E-state index contributed by atoms with van der Waals surface area (Å²) in [6, 6.07) is 12.9. The number of thioether (sulfide) groups is 1. The number of halogens is 1. The van der Waals surface area contributed by atoms with Gasteiger partial charge in [0, 0.05) is 28.3 Å². The Hall–Kier alpha value is -3.24. The number of benzene rings is 2. The molecule has 0 amide bonds. The molecule has 28 heavy (non-hydrogen) atoms. The second kappa shape index (κ2) is 7.79. The number of non-ortho nitro benzene ring substituents is 1. The smallest absolute Gasteiger partial charge is 0.277 e. The minimum Gasteiger partial charge on any atom is -0.420 e. The second-order valence-corrected chi connectivity index (χ2v) is 6.84. The van der Waals surface area contributed by atoms with E-state index in [-0.39, 0.29) is 11.6 Å². The quantitative estimate of drug-likeness (QED) is 0.251. The van der Waals surface area contributed by atoms with Crippen LogP contribution in [0.1, 0.15) is 5.89 Å². The monoisotopic (exact) mass is 415 g/mol. The Morgan fingerprint density at radius 3 is 2.18 bits per heavy atom. The predicted octanol–water partition coefficient (Wildman–Crippen LogP) is 4.64. The molecule has 0 atom stereocenters. The van der Waals surface area contributed by atoms with Crippen LogP contribution >= 0.6 is 23.4 Å². The molecule has 0 saturated carbocycles. The zero-order valence-electron chi connectivity index (χ0n) is 14.0. The van der Waals surface area contributed by atoms with Gasteiger partial charge in [-0.25, -0.2) is 0 Å². The number of rotatable bonds is 6. The fourth-order valence-corrected chi connectivity index (χ4v) is 2.98. The summed E-state index contributed by atoms with van der Waals surface area (Å²) in [4.78, 5) is 10.2. The molecule has 2 aromatic carbocycles. The number of hydrogen-bond acceptors (Lipinski definition) is 9. The molecule has 0 unspecified atom stereocenters. The normalized spacial score (nSPS) is 10.9. The van der Waals surface area contributed by atoms with Crippen molar-refractivity contribution in [1.29, 1.82) is 0 Å². The van der Waals surface area contributed by atoms with E-state index in [1.54, 1.807) is 36.4 Å². The zero-order valence-corrected chi connectivity index (χ0v) is 15.6. The second-order valence-electron chi connectivity index (χ2n) is 5.47. The fraction of sp³-hybridized carbons (Fsp3) is 0.0588. The molecule has 0 spiro atoms. The topological polar surface area (TPSA) is 121 Å². The Kier molecular flexibility index (Phi) is 5.04. The van der Waals surface area contributed by atoms with Gasteiger partial charge in [-0.2, -0.15) is 0 Å². The molecular formula is C17H10ClN5O4S. The highest BCUT2D eigenvalue weighted by molar-refractivity contribution is 7.98. The fourth-order valence-electron chi connectivity index (χ4n) is 2.26. The third-order valence-electron chi connectivity index (χ3n) is 3.61. The molecule has 4 rings (SSSR count). The summed E-state index contributed by atoms with van der Waals surface area (Å²) in [5.74, 6) is 1.36. The first-order valence-electron chi connectivity index (χ1n) is 7.88.